The Bertz CT molecular complexity index is 191. The highest BCUT2D eigenvalue weighted by Crippen LogP contribution is 2.15. The van der Waals surface area contributed by atoms with Gasteiger partial charge in [0.15, 0.2) is 0 Å². The molecule has 0 aliphatic carbocycles. The smallest absolute Gasteiger partial charge is 0.306 e. The predicted octanol–water partition coefficient (Wildman–Crippen LogP) is 1.10. The Morgan fingerprint density at radius 1 is 1.54 bits per heavy atom. The van der Waals surface area contributed by atoms with Gasteiger partial charge in [-0.1, -0.05) is 13.8 Å². The van der Waals surface area contributed by atoms with Crippen LogP contribution in [0.1, 0.15) is 20.3 Å². The van der Waals surface area contributed by atoms with E-state index in [0.717, 1.165) is 0 Å². The number of nitro groups is 1. The predicted molar refractivity (Wildman–Crippen MR) is 46.8 cm³/mol. The first kappa shape index (κ1) is 11.9. The summed E-state index contributed by atoms with van der Waals surface area (Å²) in [4.78, 5) is 20.7. The maximum Gasteiger partial charge on any atom is 0.306 e. The van der Waals surface area contributed by atoms with Crippen molar-refractivity contribution in [3.63, 3.8) is 0 Å². The lowest BCUT2D eigenvalue weighted by molar-refractivity contribution is -0.489. The molecule has 0 radical (unpaired) electrons. The van der Waals surface area contributed by atoms with Crippen LogP contribution in [0.15, 0.2) is 0 Å². The Balaban J connectivity index is 4.09. The molecule has 1 unspecified atom stereocenters. The van der Waals surface area contributed by atoms with Gasteiger partial charge in [0.25, 0.3) is 0 Å². The molecule has 76 valence electrons. The summed E-state index contributed by atoms with van der Waals surface area (Å²) in [5.41, 5.74) is 0. The molecule has 0 fully saturated rings. The fourth-order valence-electron chi connectivity index (χ4n) is 1.000. The number of nitrogens with zero attached hydrogens (tertiary/aromatic N) is 1. The van der Waals surface area contributed by atoms with Crippen LogP contribution in [0.3, 0.4) is 0 Å². The molecule has 0 saturated heterocycles. The zero-order valence-corrected chi connectivity index (χ0v) is 8.15. The summed E-state index contributed by atoms with van der Waals surface area (Å²) in [7, 11) is 1.28. The van der Waals surface area contributed by atoms with Crippen LogP contribution in [0, 0.1) is 22.0 Å². The van der Waals surface area contributed by atoms with Gasteiger partial charge < -0.3 is 4.74 Å². The van der Waals surface area contributed by atoms with Gasteiger partial charge in [0.2, 0.25) is 6.54 Å². The van der Waals surface area contributed by atoms with Crippen LogP contribution in [-0.2, 0) is 9.53 Å². The van der Waals surface area contributed by atoms with Crippen LogP contribution in [0.4, 0.5) is 0 Å². The van der Waals surface area contributed by atoms with Crippen molar-refractivity contribution >= 4 is 5.97 Å². The number of esters is 1. The molecule has 13 heavy (non-hydrogen) atoms. The Kier molecular flexibility index (Phi) is 5.03. The molecule has 0 rings (SSSR count). The summed E-state index contributed by atoms with van der Waals surface area (Å²) in [6.07, 6.45) is 0.120. The van der Waals surface area contributed by atoms with Gasteiger partial charge in [-0.25, -0.2) is 0 Å². The third kappa shape index (κ3) is 5.16. The monoisotopic (exact) mass is 189 g/mol. The Hall–Kier alpha value is -1.13. The van der Waals surface area contributed by atoms with Gasteiger partial charge in [-0.2, -0.15) is 0 Å². The van der Waals surface area contributed by atoms with Gasteiger partial charge in [-0.05, 0) is 5.92 Å². The van der Waals surface area contributed by atoms with Crippen molar-refractivity contribution in [3.8, 4) is 0 Å². The van der Waals surface area contributed by atoms with Crippen molar-refractivity contribution in [2.24, 2.45) is 11.8 Å². The summed E-state index contributed by atoms with van der Waals surface area (Å²) in [5, 5.41) is 10.2. The van der Waals surface area contributed by atoms with Crippen molar-refractivity contribution in [1.29, 1.82) is 0 Å². The number of carbonyl (C=O) groups excluding carboxylic acids is 1. The molecule has 0 aliphatic heterocycles. The van der Waals surface area contributed by atoms with Gasteiger partial charge in [-0.3, -0.25) is 14.9 Å². The van der Waals surface area contributed by atoms with E-state index >= 15 is 0 Å². The van der Waals surface area contributed by atoms with E-state index in [0.29, 0.717) is 0 Å². The Morgan fingerprint density at radius 2 is 2.08 bits per heavy atom. The molecule has 1 atom stereocenters. The standard InChI is InChI=1S/C8H15NO4/c1-6(2)7(5-9(11)12)4-8(10)13-3/h6-7H,4-5H2,1-3H3. The third-order valence-corrected chi connectivity index (χ3v) is 1.98. The molecule has 0 aromatic rings. The average molecular weight is 189 g/mol. The van der Waals surface area contributed by atoms with E-state index in [2.05, 4.69) is 4.74 Å². The number of carbonyl (C=O) groups is 1. The number of methoxy groups -OCH3 is 1. The summed E-state index contributed by atoms with van der Waals surface area (Å²) in [6, 6.07) is 0. The van der Waals surface area contributed by atoms with Gasteiger partial charge in [0.1, 0.15) is 0 Å². The zero-order valence-electron chi connectivity index (χ0n) is 8.15. The molecule has 5 heteroatoms. The molecule has 0 aromatic heterocycles. The second-order valence-electron chi connectivity index (χ2n) is 3.30. The number of ether oxygens (including phenoxy) is 1. The van der Waals surface area contributed by atoms with Crippen molar-refractivity contribution in [3.05, 3.63) is 10.1 Å². The van der Waals surface area contributed by atoms with Crippen molar-refractivity contribution in [2.75, 3.05) is 13.7 Å². The molecule has 0 saturated carbocycles. The third-order valence-electron chi connectivity index (χ3n) is 1.98. The molecular formula is C8H15NO4. The minimum absolute atomic E-state index is 0.115. The maximum atomic E-state index is 10.9. The minimum atomic E-state index is -0.395. The highest BCUT2D eigenvalue weighted by Gasteiger charge is 2.22. The number of hydrogen-bond acceptors (Lipinski definition) is 4. The first-order chi connectivity index (χ1) is 5.97. The Morgan fingerprint density at radius 3 is 2.38 bits per heavy atom. The van der Waals surface area contributed by atoms with Gasteiger partial charge >= 0.3 is 5.97 Å². The molecule has 0 heterocycles. The van der Waals surface area contributed by atoms with Crippen LogP contribution in [-0.4, -0.2) is 24.5 Å². The highest BCUT2D eigenvalue weighted by atomic mass is 16.6. The first-order valence-electron chi connectivity index (χ1n) is 4.16. The van der Waals surface area contributed by atoms with E-state index in [1.807, 2.05) is 13.8 Å². The molecule has 0 amide bonds. The van der Waals surface area contributed by atoms with E-state index in [-0.39, 0.29) is 30.8 Å². The summed E-state index contributed by atoms with van der Waals surface area (Å²) >= 11 is 0. The van der Waals surface area contributed by atoms with Crippen LogP contribution in [0.2, 0.25) is 0 Å². The zero-order chi connectivity index (χ0) is 10.4. The molecule has 0 aromatic carbocycles. The van der Waals surface area contributed by atoms with Crippen molar-refractivity contribution in [1.82, 2.24) is 0 Å². The molecule has 5 nitrogen and oxygen atoms in total. The summed E-state index contributed by atoms with van der Waals surface area (Å²) in [6.45, 7) is 3.54. The van der Waals surface area contributed by atoms with Gasteiger partial charge in [0, 0.05) is 10.8 Å². The number of hydrogen-bond donors (Lipinski definition) is 0. The van der Waals surface area contributed by atoms with Crippen LogP contribution in [0.25, 0.3) is 0 Å². The first-order valence-corrected chi connectivity index (χ1v) is 4.16. The van der Waals surface area contributed by atoms with Gasteiger partial charge in [-0.15, -0.1) is 0 Å². The van der Waals surface area contributed by atoms with E-state index in [1.54, 1.807) is 0 Å². The average Bonchev–Trinajstić information content (AvgIpc) is 2.02. The largest absolute Gasteiger partial charge is 0.469 e. The van der Waals surface area contributed by atoms with Gasteiger partial charge in [0.05, 0.1) is 13.5 Å². The SMILES string of the molecule is COC(=O)CC(C[N+](=O)[O-])C(C)C. The minimum Gasteiger partial charge on any atom is -0.469 e. The highest BCUT2D eigenvalue weighted by molar-refractivity contribution is 5.69. The fraction of sp³-hybridized carbons (Fsp3) is 0.875. The fourth-order valence-corrected chi connectivity index (χ4v) is 1.000. The van der Waals surface area contributed by atoms with E-state index in [4.69, 9.17) is 0 Å². The lowest BCUT2D eigenvalue weighted by Crippen LogP contribution is -2.23. The lowest BCUT2D eigenvalue weighted by Gasteiger charge is -2.14. The van der Waals surface area contributed by atoms with E-state index in [1.165, 1.54) is 7.11 Å². The molecule has 0 bridgehead atoms. The van der Waals surface area contributed by atoms with Crippen LogP contribution < -0.4 is 0 Å². The molecular weight excluding hydrogens is 174 g/mol. The topological polar surface area (TPSA) is 69.4 Å². The van der Waals surface area contributed by atoms with Crippen LogP contribution >= 0.6 is 0 Å². The van der Waals surface area contributed by atoms with E-state index in [9.17, 15) is 14.9 Å². The summed E-state index contributed by atoms with van der Waals surface area (Å²) in [5.74, 6) is -0.507. The van der Waals surface area contributed by atoms with E-state index < -0.39 is 4.92 Å². The molecule has 0 aliphatic rings. The normalized spacial score (nSPS) is 12.6. The van der Waals surface area contributed by atoms with Crippen molar-refractivity contribution < 1.29 is 14.5 Å². The lowest BCUT2D eigenvalue weighted by atomic mass is 9.93. The summed E-state index contributed by atoms with van der Waals surface area (Å²) < 4.78 is 4.45. The van der Waals surface area contributed by atoms with Crippen LogP contribution in [0.5, 0.6) is 0 Å². The molecule has 0 N–H and O–H groups in total. The molecule has 0 spiro atoms. The van der Waals surface area contributed by atoms with Crippen molar-refractivity contribution in [2.45, 2.75) is 20.3 Å². The maximum absolute atomic E-state index is 10.9. The number of rotatable bonds is 5. The quantitative estimate of drug-likeness (QED) is 0.369. The second kappa shape index (κ2) is 5.50. The Labute approximate surface area is 77.2 Å². The second-order valence-corrected chi connectivity index (χ2v) is 3.30.